The first-order valence-corrected chi connectivity index (χ1v) is 5.95. The summed E-state index contributed by atoms with van der Waals surface area (Å²) in [5.74, 6) is 0. The average molecular weight is 226 g/mol. The highest BCUT2D eigenvalue weighted by Crippen LogP contribution is 2.20. The van der Waals surface area contributed by atoms with Gasteiger partial charge in [0.1, 0.15) is 0 Å². The number of hydrogen-bond acceptors (Lipinski definition) is 2. The van der Waals surface area contributed by atoms with E-state index in [1.54, 1.807) is 0 Å². The van der Waals surface area contributed by atoms with Gasteiger partial charge in [-0.05, 0) is 49.2 Å². The Hall–Kier alpha value is -1.67. The topological polar surface area (TPSA) is 24.9 Å². The molecular formula is C15H18N2. The summed E-state index contributed by atoms with van der Waals surface area (Å²) >= 11 is 0. The van der Waals surface area contributed by atoms with E-state index in [0.29, 0.717) is 6.04 Å². The Kier molecular flexibility index (Phi) is 3.89. The Morgan fingerprint density at radius 3 is 2.53 bits per heavy atom. The van der Waals surface area contributed by atoms with Crippen molar-refractivity contribution >= 4 is 0 Å². The quantitative estimate of drug-likeness (QED) is 0.867. The Morgan fingerprint density at radius 1 is 1.12 bits per heavy atom. The molecule has 0 amide bonds. The van der Waals surface area contributed by atoms with Crippen LogP contribution in [0.4, 0.5) is 0 Å². The number of rotatable bonds is 4. The van der Waals surface area contributed by atoms with Crippen LogP contribution in [0.3, 0.4) is 0 Å². The van der Waals surface area contributed by atoms with Crippen LogP contribution in [0, 0.1) is 0 Å². The highest BCUT2D eigenvalue weighted by Gasteiger charge is 2.08. The lowest BCUT2D eigenvalue weighted by Gasteiger charge is -2.15. The number of nitrogens with zero attached hydrogens (tertiary/aromatic N) is 1. The number of pyridine rings is 1. The van der Waals surface area contributed by atoms with Crippen molar-refractivity contribution in [1.82, 2.24) is 10.3 Å². The van der Waals surface area contributed by atoms with Crippen LogP contribution in [-0.2, 0) is 6.42 Å². The standard InChI is InChI=1S/C15H18N2/c1-12(16-2)15-6-4-3-5-14(15)11-13-7-9-17-10-8-13/h3-10,12,16H,11H2,1-2H3. The SMILES string of the molecule is CNC(C)c1ccccc1Cc1ccncc1. The molecule has 1 aromatic carbocycles. The van der Waals surface area contributed by atoms with E-state index in [9.17, 15) is 0 Å². The Labute approximate surface area is 103 Å². The smallest absolute Gasteiger partial charge is 0.0291 e. The molecule has 1 N–H and O–H groups in total. The van der Waals surface area contributed by atoms with Gasteiger partial charge in [-0.2, -0.15) is 0 Å². The van der Waals surface area contributed by atoms with Gasteiger partial charge >= 0.3 is 0 Å². The zero-order chi connectivity index (χ0) is 12.1. The van der Waals surface area contributed by atoms with Crippen molar-refractivity contribution in [2.24, 2.45) is 0 Å². The first-order valence-electron chi connectivity index (χ1n) is 5.95. The highest BCUT2D eigenvalue weighted by molar-refractivity contribution is 5.34. The van der Waals surface area contributed by atoms with E-state index in [1.807, 2.05) is 19.4 Å². The van der Waals surface area contributed by atoms with Crippen LogP contribution in [0.5, 0.6) is 0 Å². The minimum absolute atomic E-state index is 0.382. The molecular weight excluding hydrogens is 208 g/mol. The largest absolute Gasteiger partial charge is 0.313 e. The molecule has 2 heteroatoms. The predicted octanol–water partition coefficient (Wildman–Crippen LogP) is 2.95. The van der Waals surface area contributed by atoms with E-state index in [2.05, 4.69) is 53.6 Å². The fourth-order valence-corrected chi connectivity index (χ4v) is 1.99. The molecule has 0 aliphatic heterocycles. The molecule has 1 aromatic heterocycles. The second kappa shape index (κ2) is 5.60. The van der Waals surface area contributed by atoms with E-state index in [1.165, 1.54) is 16.7 Å². The van der Waals surface area contributed by atoms with E-state index in [4.69, 9.17) is 0 Å². The van der Waals surface area contributed by atoms with Crippen LogP contribution >= 0.6 is 0 Å². The summed E-state index contributed by atoms with van der Waals surface area (Å²) in [5.41, 5.74) is 4.04. The molecule has 1 unspecified atom stereocenters. The molecule has 2 rings (SSSR count). The summed E-state index contributed by atoms with van der Waals surface area (Å²) in [7, 11) is 1.99. The summed E-state index contributed by atoms with van der Waals surface area (Å²) in [6, 6.07) is 13.1. The van der Waals surface area contributed by atoms with Crippen LogP contribution in [0.2, 0.25) is 0 Å². The van der Waals surface area contributed by atoms with Crippen molar-refractivity contribution < 1.29 is 0 Å². The van der Waals surface area contributed by atoms with E-state index in [-0.39, 0.29) is 0 Å². The second-order valence-corrected chi connectivity index (χ2v) is 4.24. The summed E-state index contributed by atoms with van der Waals surface area (Å²) in [6.45, 7) is 2.19. The first kappa shape index (κ1) is 11.8. The fourth-order valence-electron chi connectivity index (χ4n) is 1.99. The van der Waals surface area contributed by atoms with Gasteiger partial charge in [0.2, 0.25) is 0 Å². The second-order valence-electron chi connectivity index (χ2n) is 4.24. The van der Waals surface area contributed by atoms with Gasteiger partial charge in [0.25, 0.3) is 0 Å². The molecule has 0 saturated heterocycles. The van der Waals surface area contributed by atoms with Crippen LogP contribution in [0.1, 0.15) is 29.7 Å². The fraction of sp³-hybridized carbons (Fsp3) is 0.267. The Bertz CT molecular complexity index is 465. The maximum absolute atomic E-state index is 4.05. The maximum atomic E-state index is 4.05. The van der Waals surface area contributed by atoms with Crippen molar-refractivity contribution in [1.29, 1.82) is 0 Å². The van der Waals surface area contributed by atoms with Crippen LogP contribution in [0.25, 0.3) is 0 Å². The lowest BCUT2D eigenvalue weighted by molar-refractivity contribution is 0.646. The van der Waals surface area contributed by atoms with Crippen LogP contribution < -0.4 is 5.32 Å². The van der Waals surface area contributed by atoms with E-state index in [0.717, 1.165) is 6.42 Å². The number of aromatic nitrogens is 1. The Balaban J connectivity index is 2.27. The number of hydrogen-bond donors (Lipinski definition) is 1. The van der Waals surface area contributed by atoms with Gasteiger partial charge in [0.05, 0.1) is 0 Å². The third kappa shape index (κ3) is 2.92. The van der Waals surface area contributed by atoms with Gasteiger partial charge in [0, 0.05) is 18.4 Å². The monoisotopic (exact) mass is 226 g/mol. The minimum Gasteiger partial charge on any atom is -0.313 e. The van der Waals surface area contributed by atoms with Gasteiger partial charge in [-0.3, -0.25) is 4.98 Å². The molecule has 0 aliphatic carbocycles. The lowest BCUT2D eigenvalue weighted by atomic mass is 9.96. The summed E-state index contributed by atoms with van der Waals surface area (Å²) < 4.78 is 0. The third-order valence-corrected chi connectivity index (χ3v) is 3.10. The van der Waals surface area contributed by atoms with Crippen LogP contribution in [0.15, 0.2) is 48.8 Å². The minimum atomic E-state index is 0.382. The third-order valence-electron chi connectivity index (χ3n) is 3.10. The first-order chi connectivity index (χ1) is 8.31. The molecule has 88 valence electrons. The van der Waals surface area contributed by atoms with Gasteiger partial charge in [-0.15, -0.1) is 0 Å². The molecule has 2 aromatic rings. The molecule has 0 aliphatic rings. The lowest BCUT2D eigenvalue weighted by Crippen LogP contribution is -2.14. The van der Waals surface area contributed by atoms with Gasteiger partial charge < -0.3 is 5.32 Å². The summed E-state index contributed by atoms with van der Waals surface area (Å²) in [6.07, 6.45) is 4.66. The van der Waals surface area contributed by atoms with Crippen LogP contribution in [-0.4, -0.2) is 12.0 Å². The zero-order valence-corrected chi connectivity index (χ0v) is 10.4. The molecule has 0 saturated carbocycles. The van der Waals surface area contributed by atoms with Crippen molar-refractivity contribution in [3.63, 3.8) is 0 Å². The molecule has 17 heavy (non-hydrogen) atoms. The molecule has 1 atom stereocenters. The maximum Gasteiger partial charge on any atom is 0.0291 e. The molecule has 0 radical (unpaired) electrons. The van der Waals surface area contributed by atoms with E-state index < -0.39 is 0 Å². The average Bonchev–Trinajstić information content (AvgIpc) is 2.40. The molecule has 0 spiro atoms. The normalized spacial score (nSPS) is 12.4. The van der Waals surface area contributed by atoms with Crippen molar-refractivity contribution in [3.05, 3.63) is 65.5 Å². The summed E-state index contributed by atoms with van der Waals surface area (Å²) in [4.78, 5) is 4.05. The molecule has 0 bridgehead atoms. The van der Waals surface area contributed by atoms with Crippen molar-refractivity contribution in [2.75, 3.05) is 7.05 Å². The predicted molar refractivity (Wildman–Crippen MR) is 71.0 cm³/mol. The Morgan fingerprint density at radius 2 is 1.82 bits per heavy atom. The van der Waals surface area contributed by atoms with E-state index >= 15 is 0 Å². The molecule has 1 heterocycles. The number of nitrogens with one attached hydrogen (secondary N) is 1. The van der Waals surface area contributed by atoms with Crippen molar-refractivity contribution in [2.45, 2.75) is 19.4 Å². The van der Waals surface area contributed by atoms with Gasteiger partial charge in [-0.1, -0.05) is 24.3 Å². The highest BCUT2D eigenvalue weighted by atomic mass is 14.9. The van der Waals surface area contributed by atoms with Gasteiger partial charge in [0.15, 0.2) is 0 Å². The summed E-state index contributed by atoms with van der Waals surface area (Å²) in [5, 5.41) is 3.30. The zero-order valence-electron chi connectivity index (χ0n) is 10.4. The van der Waals surface area contributed by atoms with Gasteiger partial charge in [-0.25, -0.2) is 0 Å². The van der Waals surface area contributed by atoms with Crippen molar-refractivity contribution in [3.8, 4) is 0 Å². The molecule has 2 nitrogen and oxygen atoms in total. The molecule has 0 fully saturated rings. The number of benzene rings is 1.